The van der Waals surface area contributed by atoms with E-state index in [0.29, 0.717) is 18.7 Å². The first-order valence-electron chi connectivity index (χ1n) is 9.44. The van der Waals surface area contributed by atoms with Crippen LogP contribution in [0.3, 0.4) is 0 Å². The van der Waals surface area contributed by atoms with Crippen molar-refractivity contribution in [2.24, 2.45) is 7.05 Å². The molecule has 27 heavy (non-hydrogen) atoms. The zero-order valence-corrected chi connectivity index (χ0v) is 15.5. The maximum atomic E-state index is 12.7. The molecule has 142 valence electrons. The summed E-state index contributed by atoms with van der Waals surface area (Å²) < 4.78 is 7.65. The molecule has 1 atom stereocenters. The van der Waals surface area contributed by atoms with Gasteiger partial charge in [0.25, 0.3) is 5.91 Å². The van der Waals surface area contributed by atoms with Crippen molar-refractivity contribution in [3.05, 3.63) is 52.6 Å². The number of hydrogen-bond donors (Lipinski definition) is 0. The summed E-state index contributed by atoms with van der Waals surface area (Å²) in [4.78, 5) is 32.8. The van der Waals surface area contributed by atoms with Gasteiger partial charge in [-0.3, -0.25) is 9.59 Å². The first kappa shape index (κ1) is 17.6. The Bertz CT molecular complexity index is 889. The lowest BCUT2D eigenvalue weighted by Gasteiger charge is -2.22. The van der Waals surface area contributed by atoms with E-state index in [-0.39, 0.29) is 17.6 Å². The summed E-state index contributed by atoms with van der Waals surface area (Å²) in [6.45, 7) is 3.20. The van der Waals surface area contributed by atoms with E-state index in [1.807, 2.05) is 12.1 Å². The smallest absolute Gasteiger partial charge is 0.255 e. The molecule has 2 saturated heterocycles. The van der Waals surface area contributed by atoms with Crippen LogP contribution in [0.2, 0.25) is 0 Å². The minimum atomic E-state index is -0.125. The van der Waals surface area contributed by atoms with Crippen molar-refractivity contribution in [2.45, 2.75) is 25.4 Å². The summed E-state index contributed by atoms with van der Waals surface area (Å²) in [5, 5.41) is 0. The highest BCUT2D eigenvalue weighted by Crippen LogP contribution is 2.30. The first-order chi connectivity index (χ1) is 13.1. The zero-order chi connectivity index (χ0) is 18.8. The number of aromatic nitrogens is 2. The van der Waals surface area contributed by atoms with E-state index in [4.69, 9.17) is 4.74 Å². The Hall–Kier alpha value is -2.83. The highest BCUT2D eigenvalue weighted by molar-refractivity contribution is 5.94. The van der Waals surface area contributed by atoms with Gasteiger partial charge in [0.05, 0.1) is 12.1 Å². The van der Waals surface area contributed by atoms with Gasteiger partial charge in [-0.2, -0.15) is 0 Å². The molecule has 2 aliphatic rings. The number of nitrogens with zero attached hydrogens (tertiary/aromatic N) is 4. The van der Waals surface area contributed by atoms with E-state index in [1.165, 1.54) is 23.5 Å². The van der Waals surface area contributed by atoms with Crippen LogP contribution >= 0.6 is 0 Å². The Morgan fingerprint density at radius 3 is 2.78 bits per heavy atom. The molecular formula is C20H24N4O3. The van der Waals surface area contributed by atoms with Crippen LogP contribution in [0.5, 0.6) is 5.75 Å². The normalized spacial score (nSPS) is 19.5. The van der Waals surface area contributed by atoms with E-state index in [0.717, 1.165) is 31.1 Å². The third-order valence-corrected chi connectivity index (χ3v) is 5.22. The predicted molar refractivity (Wildman–Crippen MR) is 102 cm³/mol. The number of ether oxygens (including phenoxy) is 1. The average Bonchev–Trinajstić information content (AvgIpc) is 3.36. The number of anilines is 1. The fraction of sp³-hybridized carbons (Fsp3) is 0.450. The van der Waals surface area contributed by atoms with Crippen molar-refractivity contribution in [1.82, 2.24) is 14.5 Å². The monoisotopic (exact) mass is 368 g/mol. The Balaban J connectivity index is 1.44. The third-order valence-electron chi connectivity index (χ3n) is 5.22. The van der Waals surface area contributed by atoms with Crippen LogP contribution in [0.15, 0.2) is 41.5 Å². The minimum absolute atomic E-state index is 0.0490. The lowest BCUT2D eigenvalue weighted by atomic mass is 10.2. The van der Waals surface area contributed by atoms with Gasteiger partial charge in [-0.15, -0.1) is 0 Å². The minimum Gasteiger partial charge on any atom is -0.485 e. The maximum Gasteiger partial charge on any atom is 0.255 e. The van der Waals surface area contributed by atoms with E-state index in [1.54, 1.807) is 30.4 Å². The van der Waals surface area contributed by atoms with Gasteiger partial charge in [0, 0.05) is 51.6 Å². The molecule has 7 nitrogen and oxygen atoms in total. The molecule has 0 aromatic carbocycles. The summed E-state index contributed by atoms with van der Waals surface area (Å²) in [6.07, 6.45) is 6.48. The molecule has 2 fully saturated rings. The molecule has 1 unspecified atom stereocenters. The standard InChI is InChI=1S/C20H24N4O3/c1-22-13-15(6-7-18(22)25)20(26)24-12-8-16(14-24)27-17-5-4-9-21-19(17)23-10-2-3-11-23/h4-7,9,13,16H,2-3,8,10-12,14H2,1H3. The molecule has 0 bridgehead atoms. The first-order valence-corrected chi connectivity index (χ1v) is 9.44. The molecule has 2 aromatic heterocycles. The van der Waals surface area contributed by atoms with Gasteiger partial charge in [0.2, 0.25) is 5.56 Å². The molecule has 1 amide bonds. The van der Waals surface area contributed by atoms with E-state index >= 15 is 0 Å². The topological polar surface area (TPSA) is 67.7 Å². The Morgan fingerprint density at radius 1 is 1.19 bits per heavy atom. The second-order valence-corrected chi connectivity index (χ2v) is 7.17. The molecule has 0 radical (unpaired) electrons. The van der Waals surface area contributed by atoms with Gasteiger partial charge < -0.3 is 19.1 Å². The summed E-state index contributed by atoms with van der Waals surface area (Å²) >= 11 is 0. The molecular weight excluding hydrogens is 344 g/mol. The SMILES string of the molecule is Cn1cc(C(=O)N2CCC(Oc3cccnc3N3CCCC3)C2)ccc1=O. The van der Waals surface area contributed by atoms with Crippen LogP contribution in [0.1, 0.15) is 29.6 Å². The van der Waals surface area contributed by atoms with Crippen LogP contribution in [-0.2, 0) is 7.05 Å². The van der Waals surface area contributed by atoms with E-state index in [9.17, 15) is 9.59 Å². The van der Waals surface area contributed by atoms with Crippen LogP contribution in [0.4, 0.5) is 5.82 Å². The summed E-state index contributed by atoms with van der Waals surface area (Å²) in [7, 11) is 1.65. The Labute approximate surface area is 158 Å². The highest BCUT2D eigenvalue weighted by Gasteiger charge is 2.29. The zero-order valence-electron chi connectivity index (χ0n) is 15.5. The van der Waals surface area contributed by atoms with Gasteiger partial charge in [-0.25, -0.2) is 4.98 Å². The van der Waals surface area contributed by atoms with Gasteiger partial charge in [-0.05, 0) is 31.0 Å². The van der Waals surface area contributed by atoms with Crippen molar-refractivity contribution in [1.29, 1.82) is 0 Å². The second kappa shape index (κ2) is 7.42. The van der Waals surface area contributed by atoms with Crippen LogP contribution in [0.25, 0.3) is 0 Å². The molecule has 0 N–H and O–H groups in total. The number of rotatable bonds is 4. The number of aryl methyl sites for hydroxylation is 1. The van der Waals surface area contributed by atoms with Gasteiger partial charge >= 0.3 is 0 Å². The largest absolute Gasteiger partial charge is 0.485 e. The van der Waals surface area contributed by atoms with Crippen molar-refractivity contribution in [3.8, 4) is 5.75 Å². The Morgan fingerprint density at radius 2 is 2.00 bits per heavy atom. The molecule has 0 saturated carbocycles. The second-order valence-electron chi connectivity index (χ2n) is 7.17. The van der Waals surface area contributed by atoms with Crippen molar-refractivity contribution < 1.29 is 9.53 Å². The molecule has 2 aromatic rings. The van der Waals surface area contributed by atoms with Crippen molar-refractivity contribution in [3.63, 3.8) is 0 Å². The number of hydrogen-bond acceptors (Lipinski definition) is 5. The van der Waals surface area contributed by atoms with Crippen LogP contribution in [0, 0.1) is 0 Å². The summed E-state index contributed by atoms with van der Waals surface area (Å²) in [5.74, 6) is 1.63. The van der Waals surface area contributed by atoms with Crippen molar-refractivity contribution >= 4 is 11.7 Å². The molecule has 0 spiro atoms. The number of likely N-dealkylation sites (tertiary alicyclic amines) is 1. The summed E-state index contributed by atoms with van der Waals surface area (Å²) in [5.41, 5.74) is 0.400. The lowest BCUT2D eigenvalue weighted by molar-refractivity contribution is 0.0771. The fourth-order valence-corrected chi connectivity index (χ4v) is 3.73. The average molecular weight is 368 g/mol. The van der Waals surface area contributed by atoms with Gasteiger partial charge in [0.15, 0.2) is 11.6 Å². The predicted octanol–water partition coefficient (Wildman–Crippen LogP) is 1.67. The van der Waals surface area contributed by atoms with Gasteiger partial charge in [-0.1, -0.05) is 0 Å². The summed E-state index contributed by atoms with van der Waals surface area (Å²) in [6, 6.07) is 6.86. The molecule has 4 rings (SSSR count). The number of carbonyl (C=O) groups excluding carboxylic acids is 1. The van der Waals surface area contributed by atoms with E-state index in [2.05, 4.69) is 9.88 Å². The van der Waals surface area contributed by atoms with Crippen LogP contribution in [-0.4, -0.2) is 52.6 Å². The van der Waals surface area contributed by atoms with Crippen LogP contribution < -0.4 is 15.2 Å². The molecule has 2 aliphatic heterocycles. The van der Waals surface area contributed by atoms with Crippen molar-refractivity contribution in [2.75, 3.05) is 31.1 Å². The molecule has 4 heterocycles. The number of pyridine rings is 2. The highest BCUT2D eigenvalue weighted by atomic mass is 16.5. The van der Waals surface area contributed by atoms with Gasteiger partial charge in [0.1, 0.15) is 6.10 Å². The number of amides is 1. The Kier molecular flexibility index (Phi) is 4.83. The maximum absolute atomic E-state index is 12.7. The molecule has 7 heteroatoms. The third kappa shape index (κ3) is 3.67. The fourth-order valence-electron chi connectivity index (χ4n) is 3.73. The van der Waals surface area contributed by atoms with E-state index < -0.39 is 0 Å². The molecule has 0 aliphatic carbocycles. The quantitative estimate of drug-likeness (QED) is 0.821. The lowest BCUT2D eigenvalue weighted by Crippen LogP contribution is -2.32. The number of carbonyl (C=O) groups is 1.